The van der Waals surface area contributed by atoms with Gasteiger partial charge in [-0.2, -0.15) is 0 Å². The van der Waals surface area contributed by atoms with Crippen LogP contribution in [0, 0.1) is 13.8 Å². The topological polar surface area (TPSA) is 69.0 Å². The van der Waals surface area contributed by atoms with Gasteiger partial charge in [-0.3, -0.25) is 9.78 Å². The van der Waals surface area contributed by atoms with Crippen molar-refractivity contribution in [3.63, 3.8) is 0 Å². The van der Waals surface area contributed by atoms with Gasteiger partial charge in [0.25, 0.3) is 5.91 Å². The van der Waals surface area contributed by atoms with E-state index in [0.29, 0.717) is 18.7 Å². The average Bonchev–Trinajstić information content (AvgIpc) is 3.15. The summed E-state index contributed by atoms with van der Waals surface area (Å²) in [6.07, 6.45) is 4.04. The van der Waals surface area contributed by atoms with Crippen molar-refractivity contribution in [3.8, 4) is 5.75 Å². The summed E-state index contributed by atoms with van der Waals surface area (Å²) >= 11 is 0. The third-order valence-corrected chi connectivity index (χ3v) is 5.34. The number of hydrogen-bond donors (Lipinski definition) is 1. The lowest BCUT2D eigenvalue weighted by Crippen LogP contribution is -2.25. The minimum Gasteiger partial charge on any atom is -0.494 e. The number of fused-ring (bicyclic) bond motifs is 1. The van der Waals surface area contributed by atoms with Gasteiger partial charge in [0.15, 0.2) is 0 Å². The highest BCUT2D eigenvalue weighted by molar-refractivity contribution is 5.93. The predicted molar refractivity (Wildman–Crippen MR) is 121 cm³/mol. The molecule has 0 bridgehead atoms. The van der Waals surface area contributed by atoms with Crippen LogP contribution in [-0.2, 0) is 13.1 Å². The third kappa shape index (κ3) is 4.91. The standard InChI is InChI=1S/C25H26N4O2/c1-18-10-11-21(15-19(18)2)31-14-6-13-29-23-9-4-3-8-22(23)28-24(29)17-27-25(30)20-7-5-12-26-16-20/h3-5,7-12,15-16H,6,13-14,17H2,1-2H3,(H,27,30). The van der Waals surface area contributed by atoms with E-state index in [4.69, 9.17) is 9.72 Å². The minimum absolute atomic E-state index is 0.162. The molecule has 0 spiro atoms. The molecule has 6 nitrogen and oxygen atoms in total. The first-order chi connectivity index (χ1) is 15.1. The third-order valence-electron chi connectivity index (χ3n) is 5.34. The Balaban J connectivity index is 1.42. The van der Waals surface area contributed by atoms with Gasteiger partial charge >= 0.3 is 0 Å². The van der Waals surface area contributed by atoms with Gasteiger partial charge in [0, 0.05) is 18.9 Å². The molecular weight excluding hydrogens is 388 g/mol. The number of benzene rings is 2. The van der Waals surface area contributed by atoms with Gasteiger partial charge < -0.3 is 14.6 Å². The number of pyridine rings is 1. The molecule has 0 fully saturated rings. The number of hydrogen-bond acceptors (Lipinski definition) is 4. The Morgan fingerprint density at radius 2 is 1.94 bits per heavy atom. The first-order valence-electron chi connectivity index (χ1n) is 10.4. The van der Waals surface area contributed by atoms with E-state index in [0.717, 1.165) is 35.6 Å². The monoisotopic (exact) mass is 414 g/mol. The second-order valence-corrected chi connectivity index (χ2v) is 7.54. The van der Waals surface area contributed by atoms with E-state index in [-0.39, 0.29) is 5.91 Å². The zero-order valence-corrected chi connectivity index (χ0v) is 17.8. The van der Waals surface area contributed by atoms with Gasteiger partial charge in [-0.05, 0) is 67.8 Å². The molecule has 2 aromatic heterocycles. The number of nitrogens with one attached hydrogen (secondary N) is 1. The van der Waals surface area contributed by atoms with E-state index in [9.17, 15) is 4.79 Å². The van der Waals surface area contributed by atoms with Gasteiger partial charge in [-0.1, -0.05) is 18.2 Å². The Morgan fingerprint density at radius 1 is 1.06 bits per heavy atom. The number of amides is 1. The number of imidazole rings is 1. The van der Waals surface area contributed by atoms with Gasteiger partial charge in [-0.25, -0.2) is 4.98 Å². The van der Waals surface area contributed by atoms with Crippen molar-refractivity contribution in [2.24, 2.45) is 0 Å². The summed E-state index contributed by atoms with van der Waals surface area (Å²) in [5.74, 6) is 1.55. The minimum atomic E-state index is -0.162. The van der Waals surface area contributed by atoms with Gasteiger partial charge in [-0.15, -0.1) is 0 Å². The second kappa shape index (κ2) is 9.43. The predicted octanol–water partition coefficient (Wildman–Crippen LogP) is 4.45. The van der Waals surface area contributed by atoms with Gasteiger partial charge in [0.1, 0.15) is 11.6 Å². The number of nitrogens with zero attached hydrogens (tertiary/aromatic N) is 3. The zero-order chi connectivity index (χ0) is 21.6. The lowest BCUT2D eigenvalue weighted by molar-refractivity contribution is 0.0949. The second-order valence-electron chi connectivity index (χ2n) is 7.54. The zero-order valence-electron chi connectivity index (χ0n) is 17.8. The van der Waals surface area contributed by atoms with Crippen molar-refractivity contribution in [2.45, 2.75) is 33.4 Å². The number of ether oxygens (including phenoxy) is 1. The van der Waals surface area contributed by atoms with Crippen LogP contribution in [0.4, 0.5) is 0 Å². The van der Waals surface area contributed by atoms with Crippen LogP contribution in [0.25, 0.3) is 11.0 Å². The Bertz CT molecular complexity index is 1180. The molecule has 0 saturated heterocycles. The molecule has 1 amide bonds. The number of carbonyl (C=O) groups excluding carboxylic acids is 1. The van der Waals surface area contributed by atoms with E-state index in [1.54, 1.807) is 24.5 Å². The molecule has 0 aliphatic rings. The maximum atomic E-state index is 12.4. The molecule has 0 aliphatic heterocycles. The first kappa shape index (κ1) is 20.6. The van der Waals surface area contributed by atoms with E-state index >= 15 is 0 Å². The van der Waals surface area contributed by atoms with Crippen molar-refractivity contribution in [1.82, 2.24) is 19.9 Å². The van der Waals surface area contributed by atoms with Crippen molar-refractivity contribution < 1.29 is 9.53 Å². The number of aromatic nitrogens is 3. The summed E-state index contributed by atoms with van der Waals surface area (Å²) in [4.78, 5) is 21.1. The summed E-state index contributed by atoms with van der Waals surface area (Å²) in [6.45, 7) is 5.89. The molecule has 6 heteroatoms. The smallest absolute Gasteiger partial charge is 0.253 e. The molecule has 0 atom stereocenters. The van der Waals surface area contributed by atoms with E-state index < -0.39 is 0 Å². The molecule has 1 N–H and O–H groups in total. The molecule has 4 rings (SSSR count). The fourth-order valence-corrected chi connectivity index (χ4v) is 3.48. The van der Waals surface area contributed by atoms with Crippen LogP contribution < -0.4 is 10.1 Å². The van der Waals surface area contributed by atoms with Crippen LogP contribution in [0.5, 0.6) is 5.75 Å². The van der Waals surface area contributed by atoms with Crippen LogP contribution in [-0.4, -0.2) is 27.0 Å². The molecule has 2 aromatic carbocycles. The Morgan fingerprint density at radius 3 is 2.74 bits per heavy atom. The van der Waals surface area contributed by atoms with Crippen LogP contribution in [0.2, 0.25) is 0 Å². The van der Waals surface area contributed by atoms with Gasteiger partial charge in [0.2, 0.25) is 0 Å². The normalized spacial score (nSPS) is 10.9. The Labute approximate surface area is 181 Å². The van der Waals surface area contributed by atoms with Crippen molar-refractivity contribution in [3.05, 3.63) is 89.5 Å². The number of aryl methyl sites for hydroxylation is 3. The SMILES string of the molecule is Cc1ccc(OCCCn2c(CNC(=O)c3cccnc3)nc3ccccc32)cc1C. The maximum Gasteiger partial charge on any atom is 0.253 e. The summed E-state index contributed by atoms with van der Waals surface area (Å²) in [5.41, 5.74) is 4.99. The van der Waals surface area contributed by atoms with E-state index in [1.165, 1.54) is 11.1 Å². The molecule has 31 heavy (non-hydrogen) atoms. The molecule has 0 radical (unpaired) electrons. The van der Waals surface area contributed by atoms with Crippen LogP contribution in [0.3, 0.4) is 0 Å². The maximum absolute atomic E-state index is 12.4. The molecule has 0 saturated carbocycles. The quantitative estimate of drug-likeness (QED) is 0.433. The highest BCUT2D eigenvalue weighted by atomic mass is 16.5. The highest BCUT2D eigenvalue weighted by Crippen LogP contribution is 2.19. The molecule has 0 unspecified atom stereocenters. The van der Waals surface area contributed by atoms with Crippen LogP contribution in [0.1, 0.15) is 33.7 Å². The van der Waals surface area contributed by atoms with Crippen LogP contribution in [0.15, 0.2) is 67.0 Å². The lowest BCUT2D eigenvalue weighted by Gasteiger charge is -2.12. The van der Waals surface area contributed by atoms with Crippen molar-refractivity contribution in [2.75, 3.05) is 6.61 Å². The first-order valence-corrected chi connectivity index (χ1v) is 10.4. The number of carbonyl (C=O) groups is 1. The molecule has 158 valence electrons. The molecular formula is C25H26N4O2. The molecule has 0 aliphatic carbocycles. The Kier molecular flexibility index (Phi) is 6.26. The van der Waals surface area contributed by atoms with Crippen molar-refractivity contribution >= 4 is 16.9 Å². The van der Waals surface area contributed by atoms with E-state index in [1.807, 2.05) is 24.3 Å². The lowest BCUT2D eigenvalue weighted by atomic mass is 10.1. The van der Waals surface area contributed by atoms with Crippen LogP contribution >= 0.6 is 0 Å². The summed E-state index contributed by atoms with van der Waals surface area (Å²) in [5, 5.41) is 2.95. The summed E-state index contributed by atoms with van der Waals surface area (Å²) in [7, 11) is 0. The highest BCUT2D eigenvalue weighted by Gasteiger charge is 2.12. The van der Waals surface area contributed by atoms with Gasteiger partial charge in [0.05, 0.1) is 29.7 Å². The summed E-state index contributed by atoms with van der Waals surface area (Å²) in [6, 6.07) is 17.7. The Hall–Kier alpha value is -3.67. The average molecular weight is 415 g/mol. The fourth-order valence-electron chi connectivity index (χ4n) is 3.48. The number of rotatable bonds is 8. The summed E-state index contributed by atoms with van der Waals surface area (Å²) < 4.78 is 8.09. The fraction of sp³-hybridized carbons (Fsp3) is 0.240. The molecule has 2 heterocycles. The largest absolute Gasteiger partial charge is 0.494 e. The number of para-hydroxylation sites is 2. The molecule has 4 aromatic rings. The van der Waals surface area contributed by atoms with E-state index in [2.05, 4.69) is 46.9 Å². The van der Waals surface area contributed by atoms with Crippen molar-refractivity contribution in [1.29, 1.82) is 0 Å².